The van der Waals surface area contributed by atoms with E-state index in [9.17, 15) is 4.79 Å². The topological polar surface area (TPSA) is 64.5 Å². The fraction of sp³-hybridized carbons (Fsp3) is 0.190. The van der Waals surface area contributed by atoms with Crippen LogP contribution in [0, 0.1) is 0 Å². The molecule has 3 aromatic rings. The molecule has 0 saturated carbocycles. The van der Waals surface area contributed by atoms with Crippen LogP contribution < -0.4 is 9.47 Å². The van der Waals surface area contributed by atoms with Crippen LogP contribution in [0.4, 0.5) is 0 Å². The van der Waals surface area contributed by atoms with Crippen LogP contribution in [-0.4, -0.2) is 40.0 Å². The Morgan fingerprint density at radius 3 is 2.67 bits per heavy atom. The van der Waals surface area contributed by atoms with Gasteiger partial charge < -0.3 is 14.4 Å². The van der Waals surface area contributed by atoms with Gasteiger partial charge in [-0.1, -0.05) is 30.3 Å². The summed E-state index contributed by atoms with van der Waals surface area (Å²) in [5.41, 5.74) is 0.543. The number of ether oxygens (including phenoxy) is 2. The van der Waals surface area contributed by atoms with Gasteiger partial charge in [0, 0.05) is 25.4 Å². The van der Waals surface area contributed by atoms with Crippen LogP contribution in [0.15, 0.2) is 73.2 Å². The van der Waals surface area contributed by atoms with Crippen LogP contribution in [0.1, 0.15) is 16.8 Å². The van der Waals surface area contributed by atoms with Gasteiger partial charge >= 0.3 is 0 Å². The van der Waals surface area contributed by atoms with Crippen LogP contribution in [-0.2, 0) is 0 Å². The highest BCUT2D eigenvalue weighted by Gasteiger charge is 2.30. The molecule has 6 nitrogen and oxygen atoms in total. The first-order chi connectivity index (χ1) is 13.3. The SMILES string of the molecule is O=C(c1ccccc1Oc1ccccc1)N1CCC(Oc2cnccn2)C1. The van der Waals surface area contributed by atoms with Crippen molar-refractivity contribution in [2.24, 2.45) is 0 Å². The summed E-state index contributed by atoms with van der Waals surface area (Å²) in [4.78, 5) is 22.9. The van der Waals surface area contributed by atoms with Crippen molar-refractivity contribution in [3.8, 4) is 17.4 Å². The molecule has 6 heteroatoms. The molecule has 1 aliphatic heterocycles. The van der Waals surface area contributed by atoms with E-state index in [4.69, 9.17) is 9.47 Å². The lowest BCUT2D eigenvalue weighted by atomic mass is 10.1. The average Bonchev–Trinajstić information content (AvgIpc) is 3.18. The molecule has 4 rings (SSSR count). The maximum absolute atomic E-state index is 13.0. The van der Waals surface area contributed by atoms with Gasteiger partial charge in [-0.05, 0) is 24.3 Å². The van der Waals surface area contributed by atoms with Crippen LogP contribution >= 0.6 is 0 Å². The Kier molecular flexibility index (Phi) is 4.96. The Morgan fingerprint density at radius 1 is 1.04 bits per heavy atom. The molecule has 0 N–H and O–H groups in total. The second kappa shape index (κ2) is 7.86. The van der Waals surface area contributed by atoms with Crippen LogP contribution in [0.2, 0.25) is 0 Å². The monoisotopic (exact) mass is 361 g/mol. The number of carbonyl (C=O) groups excluding carboxylic acids is 1. The molecular formula is C21H19N3O3. The highest BCUT2D eigenvalue weighted by molar-refractivity contribution is 5.97. The zero-order valence-electron chi connectivity index (χ0n) is 14.7. The normalized spacial score (nSPS) is 16.1. The molecule has 1 aromatic heterocycles. The fourth-order valence-corrected chi connectivity index (χ4v) is 3.04. The van der Waals surface area contributed by atoms with E-state index in [2.05, 4.69) is 9.97 Å². The summed E-state index contributed by atoms with van der Waals surface area (Å²) in [7, 11) is 0. The van der Waals surface area contributed by atoms with Crippen molar-refractivity contribution in [3.63, 3.8) is 0 Å². The summed E-state index contributed by atoms with van der Waals surface area (Å²) in [5, 5.41) is 0. The van der Waals surface area contributed by atoms with Gasteiger partial charge in [-0.25, -0.2) is 4.98 Å². The minimum atomic E-state index is -0.0900. The largest absolute Gasteiger partial charge is 0.471 e. The minimum absolute atomic E-state index is 0.0632. The first-order valence-corrected chi connectivity index (χ1v) is 8.83. The first kappa shape index (κ1) is 17.0. The zero-order chi connectivity index (χ0) is 18.5. The summed E-state index contributed by atoms with van der Waals surface area (Å²) >= 11 is 0. The van der Waals surface area contributed by atoms with E-state index in [1.807, 2.05) is 48.5 Å². The lowest BCUT2D eigenvalue weighted by Crippen LogP contribution is -2.31. The number of nitrogens with zero attached hydrogens (tertiary/aromatic N) is 3. The van der Waals surface area contributed by atoms with Crippen LogP contribution in [0.3, 0.4) is 0 Å². The summed E-state index contributed by atoms with van der Waals surface area (Å²) < 4.78 is 11.7. The van der Waals surface area contributed by atoms with E-state index < -0.39 is 0 Å². The number of likely N-dealkylation sites (tertiary alicyclic amines) is 1. The van der Waals surface area contributed by atoms with Gasteiger partial charge in [0.25, 0.3) is 5.91 Å². The van der Waals surface area contributed by atoms with E-state index in [1.54, 1.807) is 29.6 Å². The molecular weight excluding hydrogens is 342 g/mol. The maximum atomic E-state index is 13.0. The van der Waals surface area contributed by atoms with Gasteiger partial charge in [-0.15, -0.1) is 0 Å². The molecule has 27 heavy (non-hydrogen) atoms. The predicted octanol–water partition coefficient (Wildman–Crippen LogP) is 3.56. The average molecular weight is 361 g/mol. The summed E-state index contributed by atoms with van der Waals surface area (Å²) in [6.07, 6.45) is 5.43. The van der Waals surface area contributed by atoms with E-state index in [-0.39, 0.29) is 12.0 Å². The Labute approximate surface area is 157 Å². The molecule has 2 aromatic carbocycles. The van der Waals surface area contributed by atoms with E-state index in [0.29, 0.717) is 36.0 Å². The quantitative estimate of drug-likeness (QED) is 0.695. The van der Waals surface area contributed by atoms with E-state index in [0.717, 1.165) is 6.42 Å². The highest BCUT2D eigenvalue weighted by Crippen LogP contribution is 2.27. The Balaban J connectivity index is 1.46. The number of amides is 1. The molecule has 2 heterocycles. The molecule has 1 unspecified atom stereocenters. The van der Waals surface area contributed by atoms with Gasteiger partial charge in [0.15, 0.2) is 0 Å². The molecule has 1 fully saturated rings. The van der Waals surface area contributed by atoms with Gasteiger partial charge in [-0.3, -0.25) is 9.78 Å². The molecule has 1 aliphatic rings. The van der Waals surface area contributed by atoms with Gasteiger partial charge in [0.05, 0.1) is 18.3 Å². The molecule has 0 aliphatic carbocycles. The minimum Gasteiger partial charge on any atom is -0.471 e. The smallest absolute Gasteiger partial charge is 0.257 e. The zero-order valence-corrected chi connectivity index (χ0v) is 14.7. The standard InChI is InChI=1S/C21H19N3O3/c25-21(24-13-10-17(15-24)27-20-14-22-11-12-23-20)18-8-4-5-9-19(18)26-16-6-2-1-3-7-16/h1-9,11-12,14,17H,10,13,15H2. The van der Waals surface area contributed by atoms with Crippen LogP contribution in [0.25, 0.3) is 0 Å². The van der Waals surface area contributed by atoms with Crippen LogP contribution in [0.5, 0.6) is 17.4 Å². The second-order valence-corrected chi connectivity index (χ2v) is 6.23. The fourth-order valence-electron chi connectivity index (χ4n) is 3.04. The van der Waals surface area contributed by atoms with Crippen molar-refractivity contribution in [1.29, 1.82) is 0 Å². The molecule has 0 radical (unpaired) electrons. The summed E-state index contributed by atoms with van der Waals surface area (Å²) in [6, 6.07) is 16.7. The van der Waals surface area contributed by atoms with Crippen molar-refractivity contribution in [2.75, 3.05) is 13.1 Å². The third-order valence-corrected chi connectivity index (χ3v) is 4.35. The number of carbonyl (C=O) groups is 1. The first-order valence-electron chi connectivity index (χ1n) is 8.83. The lowest BCUT2D eigenvalue weighted by molar-refractivity contribution is 0.0768. The third-order valence-electron chi connectivity index (χ3n) is 4.35. The number of hydrogen-bond acceptors (Lipinski definition) is 5. The highest BCUT2D eigenvalue weighted by atomic mass is 16.5. The van der Waals surface area contributed by atoms with E-state index in [1.165, 1.54) is 0 Å². The maximum Gasteiger partial charge on any atom is 0.257 e. The van der Waals surface area contributed by atoms with Crippen molar-refractivity contribution in [2.45, 2.75) is 12.5 Å². The van der Waals surface area contributed by atoms with Crippen molar-refractivity contribution in [1.82, 2.24) is 14.9 Å². The van der Waals surface area contributed by atoms with Gasteiger partial charge in [0.2, 0.25) is 5.88 Å². The lowest BCUT2D eigenvalue weighted by Gasteiger charge is -2.19. The molecule has 0 bridgehead atoms. The number of aromatic nitrogens is 2. The Bertz CT molecular complexity index is 903. The Morgan fingerprint density at radius 2 is 1.85 bits per heavy atom. The summed E-state index contributed by atoms with van der Waals surface area (Å²) in [5.74, 6) is 1.66. The predicted molar refractivity (Wildman–Crippen MR) is 99.9 cm³/mol. The second-order valence-electron chi connectivity index (χ2n) is 6.23. The number of benzene rings is 2. The Hall–Kier alpha value is -3.41. The van der Waals surface area contributed by atoms with E-state index >= 15 is 0 Å². The number of rotatable bonds is 5. The molecule has 1 saturated heterocycles. The number of hydrogen-bond donors (Lipinski definition) is 0. The van der Waals surface area contributed by atoms with Crippen molar-refractivity contribution < 1.29 is 14.3 Å². The third kappa shape index (κ3) is 4.06. The molecule has 0 spiro atoms. The van der Waals surface area contributed by atoms with Gasteiger partial charge in [-0.2, -0.15) is 0 Å². The molecule has 1 atom stereocenters. The molecule has 1 amide bonds. The van der Waals surface area contributed by atoms with Crippen molar-refractivity contribution in [3.05, 3.63) is 78.8 Å². The summed E-state index contributed by atoms with van der Waals surface area (Å²) in [6.45, 7) is 1.14. The van der Waals surface area contributed by atoms with Crippen molar-refractivity contribution >= 4 is 5.91 Å². The molecule has 136 valence electrons. The van der Waals surface area contributed by atoms with Gasteiger partial charge in [0.1, 0.15) is 17.6 Å². The number of para-hydroxylation sites is 2.